The van der Waals surface area contributed by atoms with Crippen LogP contribution in [0.15, 0.2) is 24.3 Å². The Morgan fingerprint density at radius 2 is 1.88 bits per heavy atom. The van der Waals surface area contributed by atoms with Crippen LogP contribution < -0.4 is 10.1 Å². The van der Waals surface area contributed by atoms with Crippen LogP contribution in [0.2, 0.25) is 0 Å². The maximum Gasteiger partial charge on any atom is 0.453 e. The second-order valence-electron chi connectivity index (χ2n) is 4.96. The van der Waals surface area contributed by atoms with E-state index in [2.05, 4.69) is 25.6 Å². The van der Waals surface area contributed by atoms with Crippen molar-refractivity contribution < 1.29 is 22.7 Å². The number of hydrogen-bond donors (Lipinski definition) is 1. The van der Waals surface area contributed by atoms with Crippen LogP contribution in [0.5, 0.6) is 5.75 Å². The van der Waals surface area contributed by atoms with E-state index in [9.17, 15) is 18.0 Å². The molecule has 0 aliphatic carbocycles. The number of fused-ring (bicyclic) bond motifs is 1. The van der Waals surface area contributed by atoms with Crippen molar-refractivity contribution in [1.82, 2.24) is 24.8 Å². The van der Waals surface area contributed by atoms with Crippen LogP contribution in [-0.2, 0) is 6.18 Å². The van der Waals surface area contributed by atoms with Crippen LogP contribution in [0.25, 0.3) is 5.78 Å². The average molecular weight is 352 g/mol. The molecule has 0 spiro atoms. The van der Waals surface area contributed by atoms with E-state index in [4.69, 9.17) is 4.74 Å². The van der Waals surface area contributed by atoms with Gasteiger partial charge in [0.1, 0.15) is 5.75 Å². The topological polar surface area (TPSA) is 94.3 Å². The van der Waals surface area contributed by atoms with E-state index in [1.165, 1.54) is 14.0 Å². The molecule has 0 fully saturated rings. The highest BCUT2D eigenvalue weighted by atomic mass is 19.4. The van der Waals surface area contributed by atoms with Crippen LogP contribution in [0.3, 0.4) is 0 Å². The summed E-state index contributed by atoms with van der Waals surface area (Å²) in [5.41, 5.74) is 0.377. The van der Waals surface area contributed by atoms with Gasteiger partial charge in [0, 0.05) is 5.69 Å². The van der Waals surface area contributed by atoms with Crippen LogP contribution in [0.1, 0.15) is 22.0 Å². The Bertz CT molecular complexity index is 936. The lowest BCUT2D eigenvalue weighted by atomic mass is 10.2. The summed E-state index contributed by atoms with van der Waals surface area (Å²) in [5.74, 6) is -1.72. The van der Waals surface area contributed by atoms with Crippen molar-refractivity contribution in [3.63, 3.8) is 0 Å². The molecule has 11 heteroatoms. The molecule has 1 aromatic carbocycles. The van der Waals surface area contributed by atoms with E-state index >= 15 is 0 Å². The minimum absolute atomic E-state index is 0.0824. The number of halogens is 3. The Kier molecular flexibility index (Phi) is 3.99. The highest BCUT2D eigenvalue weighted by Gasteiger charge is 2.37. The SMILES string of the molecule is COc1ccc(NC(=O)c2nnc3nc(C(F)(F)F)nn3c2C)cc1. The molecule has 0 unspecified atom stereocenters. The van der Waals surface area contributed by atoms with Gasteiger partial charge in [-0.1, -0.05) is 0 Å². The summed E-state index contributed by atoms with van der Waals surface area (Å²) in [7, 11) is 1.51. The van der Waals surface area contributed by atoms with Gasteiger partial charge in [0.15, 0.2) is 5.69 Å². The largest absolute Gasteiger partial charge is 0.497 e. The lowest BCUT2D eigenvalue weighted by molar-refractivity contribution is -0.144. The third-order valence-corrected chi connectivity index (χ3v) is 3.31. The number of rotatable bonds is 3. The predicted octanol–water partition coefficient (Wildman–Crippen LogP) is 2.11. The molecule has 0 aliphatic rings. The summed E-state index contributed by atoms with van der Waals surface area (Å²) in [4.78, 5) is 15.6. The Hall–Kier alpha value is -3.24. The molecule has 130 valence electrons. The third kappa shape index (κ3) is 3.20. The quantitative estimate of drug-likeness (QED) is 0.776. The first kappa shape index (κ1) is 16.6. The summed E-state index contributed by atoms with van der Waals surface area (Å²) in [5, 5.41) is 13.1. The fourth-order valence-electron chi connectivity index (χ4n) is 2.06. The number of anilines is 1. The normalized spacial score (nSPS) is 11.6. The van der Waals surface area contributed by atoms with Gasteiger partial charge in [-0.2, -0.15) is 22.7 Å². The summed E-state index contributed by atoms with van der Waals surface area (Å²) >= 11 is 0. The molecule has 0 saturated heterocycles. The molecular formula is C14H11F3N6O2. The van der Waals surface area contributed by atoms with E-state index in [1.807, 2.05) is 0 Å². The van der Waals surface area contributed by atoms with Gasteiger partial charge in [-0.05, 0) is 31.2 Å². The summed E-state index contributed by atoms with van der Waals surface area (Å²) < 4.78 is 43.9. The van der Waals surface area contributed by atoms with Gasteiger partial charge in [-0.25, -0.2) is 0 Å². The van der Waals surface area contributed by atoms with Crippen LogP contribution in [-0.4, -0.2) is 37.8 Å². The first-order valence-corrected chi connectivity index (χ1v) is 6.92. The number of carbonyl (C=O) groups is 1. The van der Waals surface area contributed by atoms with Crippen molar-refractivity contribution >= 4 is 17.4 Å². The molecule has 2 heterocycles. The molecule has 0 radical (unpaired) electrons. The Balaban J connectivity index is 1.91. The van der Waals surface area contributed by atoms with E-state index in [0.717, 1.165) is 4.52 Å². The number of aryl methyl sites for hydroxylation is 1. The predicted molar refractivity (Wildman–Crippen MR) is 79.3 cm³/mol. The molecule has 0 aliphatic heterocycles. The third-order valence-electron chi connectivity index (χ3n) is 3.31. The zero-order chi connectivity index (χ0) is 18.2. The highest BCUT2D eigenvalue weighted by Crippen LogP contribution is 2.26. The standard InChI is InChI=1S/C14H11F3N6O2/c1-7-10(11(24)18-8-3-5-9(25-2)6-4-8)20-21-13-19-12(14(15,16)17)22-23(7)13/h3-6H,1-2H3,(H,18,24). The lowest BCUT2D eigenvalue weighted by Crippen LogP contribution is -2.18. The van der Waals surface area contributed by atoms with Gasteiger partial charge in [-0.3, -0.25) is 4.79 Å². The van der Waals surface area contributed by atoms with Gasteiger partial charge in [0.2, 0.25) is 0 Å². The monoisotopic (exact) mass is 352 g/mol. The fourth-order valence-corrected chi connectivity index (χ4v) is 2.06. The molecule has 25 heavy (non-hydrogen) atoms. The van der Waals surface area contributed by atoms with E-state index in [0.29, 0.717) is 11.4 Å². The Morgan fingerprint density at radius 3 is 2.48 bits per heavy atom. The molecule has 8 nitrogen and oxygen atoms in total. The van der Waals surface area contributed by atoms with Gasteiger partial charge >= 0.3 is 6.18 Å². The molecular weight excluding hydrogens is 341 g/mol. The number of hydrogen-bond acceptors (Lipinski definition) is 6. The Labute approximate surface area is 138 Å². The van der Waals surface area contributed by atoms with Crippen molar-refractivity contribution in [3.8, 4) is 5.75 Å². The summed E-state index contributed by atoms with van der Waals surface area (Å²) in [6.45, 7) is 1.40. The average Bonchev–Trinajstić information content (AvgIpc) is 3.01. The number of nitrogens with one attached hydrogen (secondary N) is 1. The maximum atomic E-state index is 12.7. The fraction of sp³-hybridized carbons (Fsp3) is 0.214. The minimum Gasteiger partial charge on any atom is -0.497 e. The minimum atomic E-state index is -4.72. The van der Waals surface area contributed by atoms with Gasteiger partial charge in [0.25, 0.3) is 17.5 Å². The smallest absolute Gasteiger partial charge is 0.453 e. The molecule has 0 saturated carbocycles. The molecule has 3 aromatic rings. The number of nitrogens with zero attached hydrogens (tertiary/aromatic N) is 5. The van der Waals surface area contributed by atoms with Gasteiger partial charge < -0.3 is 10.1 Å². The number of aromatic nitrogens is 5. The number of benzene rings is 1. The number of amides is 1. The maximum absolute atomic E-state index is 12.7. The van der Waals surface area contributed by atoms with Gasteiger partial charge in [0.05, 0.1) is 12.8 Å². The number of carbonyl (C=O) groups excluding carboxylic acids is 1. The van der Waals surface area contributed by atoms with Crippen molar-refractivity contribution in [3.05, 3.63) is 41.5 Å². The molecule has 1 N–H and O–H groups in total. The van der Waals surface area contributed by atoms with Crippen LogP contribution >= 0.6 is 0 Å². The van der Waals surface area contributed by atoms with E-state index in [-0.39, 0.29) is 17.2 Å². The van der Waals surface area contributed by atoms with Crippen molar-refractivity contribution in [2.45, 2.75) is 13.1 Å². The van der Waals surface area contributed by atoms with Crippen molar-refractivity contribution in [2.24, 2.45) is 0 Å². The zero-order valence-electron chi connectivity index (χ0n) is 13.0. The van der Waals surface area contributed by atoms with Crippen LogP contribution in [0.4, 0.5) is 18.9 Å². The summed E-state index contributed by atoms with van der Waals surface area (Å²) in [6, 6.07) is 6.50. The van der Waals surface area contributed by atoms with E-state index in [1.54, 1.807) is 24.3 Å². The zero-order valence-corrected chi connectivity index (χ0v) is 13.0. The highest BCUT2D eigenvalue weighted by molar-refractivity contribution is 6.03. The lowest BCUT2D eigenvalue weighted by Gasteiger charge is -2.07. The molecule has 0 atom stereocenters. The molecule has 0 bridgehead atoms. The molecule has 2 aromatic heterocycles. The van der Waals surface area contributed by atoms with Crippen LogP contribution in [0, 0.1) is 6.92 Å². The first-order chi connectivity index (χ1) is 11.8. The number of ether oxygens (including phenoxy) is 1. The second-order valence-corrected chi connectivity index (χ2v) is 4.96. The number of alkyl halides is 3. The molecule has 3 rings (SSSR count). The van der Waals surface area contributed by atoms with E-state index < -0.39 is 17.9 Å². The number of methoxy groups -OCH3 is 1. The second kappa shape index (κ2) is 6.00. The van der Waals surface area contributed by atoms with Gasteiger partial charge in [-0.15, -0.1) is 15.3 Å². The summed E-state index contributed by atoms with van der Waals surface area (Å²) in [6.07, 6.45) is -4.72. The Morgan fingerprint density at radius 1 is 1.20 bits per heavy atom. The molecule has 1 amide bonds. The van der Waals surface area contributed by atoms with Crippen molar-refractivity contribution in [1.29, 1.82) is 0 Å². The van der Waals surface area contributed by atoms with Crippen molar-refractivity contribution in [2.75, 3.05) is 12.4 Å². The first-order valence-electron chi connectivity index (χ1n) is 6.92.